The summed E-state index contributed by atoms with van der Waals surface area (Å²) in [6, 6.07) is 8.52. The standard InChI is InChI=1S/C17H22N4O2S/c1-13-19-16(20-23-13)11-24-12-17(22)18-8-10-21-9-4-6-14-5-2-3-7-15(14)21/h2-3,5,7H,4,6,8-12H2,1H3,(H,18,22). The zero-order chi connectivity index (χ0) is 16.8. The van der Waals surface area contributed by atoms with Crippen molar-refractivity contribution >= 4 is 23.4 Å². The molecule has 0 saturated carbocycles. The first-order valence-electron chi connectivity index (χ1n) is 8.19. The summed E-state index contributed by atoms with van der Waals surface area (Å²) in [5, 5.41) is 6.80. The van der Waals surface area contributed by atoms with E-state index in [9.17, 15) is 4.79 Å². The van der Waals surface area contributed by atoms with Crippen LogP contribution in [0.3, 0.4) is 0 Å². The van der Waals surface area contributed by atoms with Gasteiger partial charge in [0, 0.05) is 32.2 Å². The zero-order valence-electron chi connectivity index (χ0n) is 13.8. The van der Waals surface area contributed by atoms with Crippen LogP contribution in [-0.4, -0.2) is 41.4 Å². The third kappa shape index (κ3) is 4.50. The molecule has 1 aliphatic rings. The molecule has 7 heteroatoms. The molecule has 1 N–H and O–H groups in total. The fourth-order valence-corrected chi connectivity index (χ4v) is 3.55. The zero-order valence-corrected chi connectivity index (χ0v) is 14.6. The van der Waals surface area contributed by atoms with Crippen LogP contribution in [-0.2, 0) is 17.0 Å². The predicted octanol–water partition coefficient (Wildman–Crippen LogP) is 2.18. The smallest absolute Gasteiger partial charge is 0.230 e. The van der Waals surface area contributed by atoms with Crippen LogP contribution in [0, 0.1) is 6.92 Å². The molecule has 0 aliphatic carbocycles. The van der Waals surface area contributed by atoms with Gasteiger partial charge >= 0.3 is 0 Å². The average Bonchev–Trinajstić information content (AvgIpc) is 3.00. The van der Waals surface area contributed by atoms with Crippen molar-refractivity contribution in [3.05, 3.63) is 41.5 Å². The Morgan fingerprint density at radius 2 is 2.29 bits per heavy atom. The molecule has 0 atom stereocenters. The van der Waals surface area contributed by atoms with Gasteiger partial charge in [0.1, 0.15) is 0 Å². The molecule has 1 amide bonds. The van der Waals surface area contributed by atoms with Gasteiger partial charge in [0.2, 0.25) is 11.8 Å². The molecule has 0 saturated heterocycles. The number of para-hydroxylation sites is 1. The summed E-state index contributed by atoms with van der Waals surface area (Å²) in [7, 11) is 0. The lowest BCUT2D eigenvalue weighted by atomic mass is 10.0. The first-order chi connectivity index (χ1) is 11.7. The number of aromatic nitrogens is 2. The maximum Gasteiger partial charge on any atom is 0.230 e. The largest absolute Gasteiger partial charge is 0.370 e. The number of nitrogens with one attached hydrogen (secondary N) is 1. The Morgan fingerprint density at radius 1 is 1.42 bits per heavy atom. The number of rotatable bonds is 7. The second kappa shape index (κ2) is 8.19. The molecule has 0 radical (unpaired) electrons. The summed E-state index contributed by atoms with van der Waals surface area (Å²) in [6.07, 6.45) is 2.32. The number of fused-ring (bicyclic) bond motifs is 1. The van der Waals surface area contributed by atoms with E-state index in [-0.39, 0.29) is 5.91 Å². The van der Waals surface area contributed by atoms with Crippen molar-refractivity contribution in [3.63, 3.8) is 0 Å². The van der Waals surface area contributed by atoms with Crippen LogP contribution in [0.2, 0.25) is 0 Å². The number of benzene rings is 1. The van der Waals surface area contributed by atoms with E-state index in [0.717, 1.165) is 19.5 Å². The van der Waals surface area contributed by atoms with Crippen molar-refractivity contribution in [1.82, 2.24) is 15.5 Å². The number of hydrogen-bond donors (Lipinski definition) is 1. The molecule has 24 heavy (non-hydrogen) atoms. The number of anilines is 1. The normalized spacial score (nSPS) is 13.6. The third-order valence-corrected chi connectivity index (χ3v) is 4.87. The molecule has 0 unspecified atom stereocenters. The number of hydrogen-bond acceptors (Lipinski definition) is 6. The van der Waals surface area contributed by atoms with Gasteiger partial charge in [-0.05, 0) is 24.5 Å². The third-order valence-electron chi connectivity index (χ3n) is 3.94. The van der Waals surface area contributed by atoms with Gasteiger partial charge in [-0.3, -0.25) is 4.79 Å². The van der Waals surface area contributed by atoms with Gasteiger partial charge in [-0.2, -0.15) is 4.98 Å². The monoisotopic (exact) mass is 346 g/mol. The Hall–Kier alpha value is -2.02. The summed E-state index contributed by atoms with van der Waals surface area (Å²) in [5.41, 5.74) is 2.71. The minimum atomic E-state index is 0.0468. The van der Waals surface area contributed by atoms with Gasteiger partial charge in [0.25, 0.3) is 0 Å². The SMILES string of the molecule is Cc1nc(CSCC(=O)NCCN2CCCc3ccccc32)no1. The molecular weight excluding hydrogens is 324 g/mol. The van der Waals surface area contributed by atoms with E-state index in [1.54, 1.807) is 6.92 Å². The molecule has 0 fully saturated rings. The van der Waals surface area contributed by atoms with Gasteiger partial charge in [0.05, 0.1) is 11.5 Å². The van der Waals surface area contributed by atoms with Crippen LogP contribution >= 0.6 is 11.8 Å². The summed E-state index contributed by atoms with van der Waals surface area (Å²) < 4.78 is 4.90. The molecule has 0 spiro atoms. The molecule has 1 aromatic heterocycles. The molecule has 2 aromatic rings. The highest BCUT2D eigenvalue weighted by Crippen LogP contribution is 2.25. The van der Waals surface area contributed by atoms with Crippen LogP contribution < -0.4 is 10.2 Å². The number of thioether (sulfide) groups is 1. The summed E-state index contributed by atoms with van der Waals surface area (Å²) in [6.45, 7) is 4.32. The Kier molecular flexibility index (Phi) is 5.74. The lowest BCUT2D eigenvalue weighted by Crippen LogP contribution is -2.38. The van der Waals surface area contributed by atoms with Crippen molar-refractivity contribution in [3.8, 4) is 0 Å². The minimum Gasteiger partial charge on any atom is -0.370 e. The fraction of sp³-hybridized carbons (Fsp3) is 0.471. The van der Waals surface area contributed by atoms with E-state index in [0.29, 0.717) is 29.8 Å². The van der Waals surface area contributed by atoms with E-state index >= 15 is 0 Å². The average molecular weight is 346 g/mol. The topological polar surface area (TPSA) is 71.3 Å². The Labute approximate surface area is 146 Å². The number of carbonyl (C=O) groups is 1. The summed E-state index contributed by atoms with van der Waals surface area (Å²) in [4.78, 5) is 18.4. The Bertz CT molecular complexity index is 689. The first kappa shape index (κ1) is 16.8. The van der Waals surface area contributed by atoms with E-state index in [4.69, 9.17) is 4.52 Å². The van der Waals surface area contributed by atoms with Gasteiger partial charge < -0.3 is 14.7 Å². The van der Waals surface area contributed by atoms with Crippen LogP contribution in [0.25, 0.3) is 0 Å². The van der Waals surface area contributed by atoms with Gasteiger partial charge in [-0.25, -0.2) is 0 Å². The quantitative estimate of drug-likeness (QED) is 0.828. The van der Waals surface area contributed by atoms with Crippen molar-refractivity contribution in [2.75, 3.05) is 30.3 Å². The maximum absolute atomic E-state index is 11.9. The number of carbonyl (C=O) groups excluding carboxylic acids is 1. The highest BCUT2D eigenvalue weighted by atomic mass is 32.2. The van der Waals surface area contributed by atoms with E-state index < -0.39 is 0 Å². The molecule has 6 nitrogen and oxygen atoms in total. The van der Waals surface area contributed by atoms with Crippen LogP contribution in [0.4, 0.5) is 5.69 Å². The van der Waals surface area contributed by atoms with Crippen molar-refractivity contribution in [1.29, 1.82) is 0 Å². The van der Waals surface area contributed by atoms with E-state index in [1.807, 2.05) is 0 Å². The van der Waals surface area contributed by atoms with E-state index in [2.05, 4.69) is 44.6 Å². The number of nitrogens with zero attached hydrogens (tertiary/aromatic N) is 3. The van der Waals surface area contributed by atoms with Gasteiger partial charge in [0.15, 0.2) is 5.82 Å². The molecular formula is C17H22N4O2S. The molecule has 1 aliphatic heterocycles. The highest BCUT2D eigenvalue weighted by molar-refractivity contribution is 7.99. The van der Waals surface area contributed by atoms with Gasteiger partial charge in [-0.15, -0.1) is 11.8 Å². The lowest BCUT2D eigenvalue weighted by Gasteiger charge is -2.31. The molecule has 0 bridgehead atoms. The summed E-state index contributed by atoms with van der Waals surface area (Å²) >= 11 is 1.49. The molecule has 2 heterocycles. The van der Waals surface area contributed by atoms with Crippen LogP contribution in [0.15, 0.2) is 28.8 Å². The number of aryl methyl sites for hydroxylation is 2. The van der Waals surface area contributed by atoms with Gasteiger partial charge in [-0.1, -0.05) is 23.4 Å². The second-order valence-electron chi connectivity index (χ2n) is 5.79. The fourth-order valence-electron chi connectivity index (χ4n) is 2.86. The Morgan fingerprint density at radius 3 is 3.12 bits per heavy atom. The van der Waals surface area contributed by atoms with Crippen LogP contribution in [0.1, 0.15) is 23.7 Å². The Balaban J connectivity index is 1.37. The lowest BCUT2D eigenvalue weighted by molar-refractivity contribution is -0.118. The maximum atomic E-state index is 11.9. The van der Waals surface area contributed by atoms with Crippen molar-refractivity contribution in [2.24, 2.45) is 0 Å². The van der Waals surface area contributed by atoms with E-state index in [1.165, 1.54) is 29.4 Å². The molecule has 3 rings (SSSR count). The number of amides is 1. The summed E-state index contributed by atoms with van der Waals surface area (Å²) in [5.74, 6) is 2.23. The van der Waals surface area contributed by atoms with Crippen molar-refractivity contribution < 1.29 is 9.32 Å². The highest BCUT2D eigenvalue weighted by Gasteiger charge is 2.15. The van der Waals surface area contributed by atoms with Crippen LogP contribution in [0.5, 0.6) is 0 Å². The first-order valence-corrected chi connectivity index (χ1v) is 9.34. The molecule has 128 valence electrons. The molecule has 1 aromatic carbocycles. The second-order valence-corrected chi connectivity index (χ2v) is 6.78. The minimum absolute atomic E-state index is 0.0468. The van der Waals surface area contributed by atoms with Crippen molar-refractivity contribution in [2.45, 2.75) is 25.5 Å². The predicted molar refractivity (Wildman–Crippen MR) is 95.2 cm³/mol.